The monoisotopic (exact) mass is 576 g/mol. The van der Waals surface area contributed by atoms with Crippen molar-refractivity contribution in [3.8, 4) is 0 Å². The van der Waals surface area contributed by atoms with Crippen LogP contribution in [0.25, 0.3) is 0 Å². The molecule has 8 heteroatoms. The zero-order valence-electron chi connectivity index (χ0n) is 25.3. The van der Waals surface area contributed by atoms with Crippen LogP contribution in [-0.2, 0) is 18.9 Å². The lowest BCUT2D eigenvalue weighted by molar-refractivity contribution is -0.313. The third kappa shape index (κ3) is 4.29. The molecule has 0 aromatic carbocycles. The first-order chi connectivity index (χ1) is 19.5. The molecule has 7 rings (SSSR count). The summed E-state index contributed by atoms with van der Waals surface area (Å²) in [5.74, 6) is 3.28. The molecule has 3 saturated heterocycles. The van der Waals surface area contributed by atoms with Crippen LogP contribution in [0.1, 0.15) is 85.5 Å². The van der Waals surface area contributed by atoms with Crippen LogP contribution in [0, 0.1) is 46.3 Å². The fourth-order valence-electron chi connectivity index (χ4n) is 11.1. The number of allylic oxidation sites excluding steroid dienone is 1. The Labute approximate surface area is 244 Å². The van der Waals surface area contributed by atoms with E-state index in [4.69, 9.17) is 18.9 Å². The zero-order valence-corrected chi connectivity index (χ0v) is 25.3. The zero-order chi connectivity index (χ0) is 28.9. The second kappa shape index (κ2) is 10.2. The lowest BCUT2D eigenvalue weighted by Crippen LogP contribution is -2.60. The Bertz CT molecular complexity index is 1020. The van der Waals surface area contributed by atoms with Crippen molar-refractivity contribution in [1.82, 2.24) is 0 Å². The molecule has 16 atom stereocenters. The lowest BCUT2D eigenvalue weighted by atomic mass is 9.47. The summed E-state index contributed by atoms with van der Waals surface area (Å²) in [6.45, 7) is 10.1. The van der Waals surface area contributed by atoms with Crippen LogP contribution < -0.4 is 0 Å². The van der Waals surface area contributed by atoms with Gasteiger partial charge in [-0.3, -0.25) is 0 Å². The second-order valence-corrected chi connectivity index (χ2v) is 15.5. The Morgan fingerprint density at radius 1 is 0.976 bits per heavy atom. The van der Waals surface area contributed by atoms with E-state index in [0.29, 0.717) is 47.0 Å². The van der Waals surface area contributed by atoms with Gasteiger partial charge in [-0.1, -0.05) is 39.3 Å². The normalized spacial score (nSPS) is 58.3. The Morgan fingerprint density at radius 3 is 2.51 bits per heavy atom. The Balaban J connectivity index is 1.05. The Morgan fingerprint density at radius 2 is 1.78 bits per heavy atom. The second-order valence-electron chi connectivity index (χ2n) is 15.5. The van der Waals surface area contributed by atoms with Gasteiger partial charge in [0.15, 0.2) is 12.1 Å². The number of ether oxygens (including phenoxy) is 4. The van der Waals surface area contributed by atoms with Crippen LogP contribution >= 0.6 is 0 Å². The molecule has 7 aliphatic rings. The van der Waals surface area contributed by atoms with Gasteiger partial charge >= 0.3 is 0 Å². The van der Waals surface area contributed by atoms with E-state index in [1.165, 1.54) is 24.8 Å². The molecule has 0 aromatic heterocycles. The number of rotatable bonds is 3. The molecule has 41 heavy (non-hydrogen) atoms. The highest BCUT2D eigenvalue weighted by molar-refractivity contribution is 5.26. The molecule has 0 aromatic rings. The van der Waals surface area contributed by atoms with E-state index < -0.39 is 37.3 Å². The van der Waals surface area contributed by atoms with E-state index in [2.05, 4.69) is 33.8 Å². The van der Waals surface area contributed by atoms with Crippen molar-refractivity contribution in [2.24, 2.45) is 46.3 Å². The maximum atomic E-state index is 10.5. The largest absolute Gasteiger partial charge is 0.394 e. The minimum absolute atomic E-state index is 0.129. The van der Waals surface area contributed by atoms with Gasteiger partial charge in [0.1, 0.15) is 24.4 Å². The number of aliphatic hydroxyl groups is 4. The summed E-state index contributed by atoms with van der Waals surface area (Å²) < 4.78 is 25.3. The maximum absolute atomic E-state index is 10.5. The predicted molar refractivity (Wildman–Crippen MR) is 150 cm³/mol. The molecule has 1 spiro atoms. The quantitative estimate of drug-likeness (QED) is 0.377. The van der Waals surface area contributed by atoms with E-state index in [0.717, 1.165) is 45.1 Å². The number of hydrogen-bond acceptors (Lipinski definition) is 8. The summed E-state index contributed by atoms with van der Waals surface area (Å²) in [5, 5.41) is 40.4. The molecule has 1 unspecified atom stereocenters. The van der Waals surface area contributed by atoms with Crippen molar-refractivity contribution in [2.75, 3.05) is 13.2 Å². The number of aliphatic hydroxyl groups excluding tert-OH is 4. The molecule has 3 saturated carbocycles. The van der Waals surface area contributed by atoms with Crippen molar-refractivity contribution in [2.45, 2.75) is 134 Å². The van der Waals surface area contributed by atoms with Gasteiger partial charge in [-0.15, -0.1) is 0 Å². The van der Waals surface area contributed by atoms with Crippen molar-refractivity contribution in [1.29, 1.82) is 0 Å². The van der Waals surface area contributed by atoms with Gasteiger partial charge < -0.3 is 39.4 Å². The molecule has 0 radical (unpaired) electrons. The molecule has 4 N–H and O–H groups in total. The van der Waals surface area contributed by atoms with Crippen LogP contribution in [0.3, 0.4) is 0 Å². The number of fused-ring (bicyclic) bond motifs is 7. The van der Waals surface area contributed by atoms with E-state index >= 15 is 0 Å². The molecule has 3 heterocycles. The van der Waals surface area contributed by atoms with Gasteiger partial charge in [0.05, 0.1) is 25.4 Å². The fraction of sp³-hybridized carbons (Fsp3) is 0.939. The van der Waals surface area contributed by atoms with Gasteiger partial charge in [-0.25, -0.2) is 0 Å². The first-order valence-corrected chi connectivity index (χ1v) is 16.5. The maximum Gasteiger partial charge on any atom is 0.186 e. The molecule has 0 bridgehead atoms. The SMILES string of the molecule is C[C@@H]1CC[C@@]2(OC1)O[C@H]1C[C@H]3[C@@H]4CC=C5C[C@@H](OC6O[C@H](CO)[C@@H](O)[C@H](O)[C@H]6O)CC[C@]5(C)[C@H]4CC[C@]3(C)[C@H]1[C@@H]2C. The minimum Gasteiger partial charge on any atom is -0.394 e. The third-order valence-electron chi connectivity index (χ3n) is 13.5. The van der Waals surface area contributed by atoms with Gasteiger partial charge in [-0.05, 0) is 91.8 Å². The first-order valence-electron chi connectivity index (χ1n) is 16.5. The lowest BCUT2D eigenvalue weighted by Gasteiger charge is -2.58. The Hall–Kier alpha value is -0.580. The minimum atomic E-state index is -1.41. The molecule has 6 fully saturated rings. The van der Waals surface area contributed by atoms with Crippen LogP contribution in [0.15, 0.2) is 11.6 Å². The third-order valence-corrected chi connectivity index (χ3v) is 13.5. The molecule has 4 aliphatic carbocycles. The summed E-state index contributed by atoms with van der Waals surface area (Å²) in [6, 6.07) is 0. The van der Waals surface area contributed by atoms with E-state index in [-0.39, 0.29) is 17.3 Å². The standard InChI is InChI=1S/C33H52O8/c1-17-7-12-33(38-16-17)18(2)26-24(41-33)14-23-21-6-5-19-13-20(8-10-31(19,3)22(21)9-11-32(23,26)4)39-30-29(37)28(36)27(35)25(15-34)40-30/h5,17-18,20-30,34-37H,6-16H2,1-4H3/t17-,18+,20+,21-,22+,23+,24+,25-,26+,27-,28+,29-,30?,31+,32+,33-/m1/s1. The van der Waals surface area contributed by atoms with Crippen molar-refractivity contribution in [3.05, 3.63) is 11.6 Å². The topological polar surface area (TPSA) is 118 Å². The molecule has 232 valence electrons. The van der Waals surface area contributed by atoms with Crippen LogP contribution in [-0.4, -0.2) is 82.3 Å². The van der Waals surface area contributed by atoms with Gasteiger partial charge in [0.2, 0.25) is 0 Å². The summed E-state index contributed by atoms with van der Waals surface area (Å²) in [4.78, 5) is 0. The summed E-state index contributed by atoms with van der Waals surface area (Å²) >= 11 is 0. The van der Waals surface area contributed by atoms with Crippen molar-refractivity contribution < 1.29 is 39.4 Å². The molecule has 0 amide bonds. The Kier molecular flexibility index (Phi) is 7.27. The highest BCUT2D eigenvalue weighted by Gasteiger charge is 2.68. The fourth-order valence-corrected chi connectivity index (χ4v) is 11.1. The summed E-state index contributed by atoms with van der Waals surface area (Å²) in [5.41, 5.74) is 1.91. The van der Waals surface area contributed by atoms with Crippen LogP contribution in [0.4, 0.5) is 0 Å². The predicted octanol–water partition coefficient (Wildman–Crippen LogP) is 3.54. The summed E-state index contributed by atoms with van der Waals surface area (Å²) in [6.07, 6.45) is 6.24. The van der Waals surface area contributed by atoms with Gasteiger partial charge in [-0.2, -0.15) is 0 Å². The van der Waals surface area contributed by atoms with E-state index in [9.17, 15) is 20.4 Å². The molecule has 3 aliphatic heterocycles. The van der Waals surface area contributed by atoms with E-state index in [1.54, 1.807) is 0 Å². The summed E-state index contributed by atoms with van der Waals surface area (Å²) in [7, 11) is 0. The van der Waals surface area contributed by atoms with Crippen molar-refractivity contribution >= 4 is 0 Å². The number of hydrogen-bond donors (Lipinski definition) is 4. The molecule has 8 nitrogen and oxygen atoms in total. The van der Waals surface area contributed by atoms with Crippen LogP contribution in [0.2, 0.25) is 0 Å². The average Bonchev–Trinajstić information content (AvgIpc) is 3.40. The van der Waals surface area contributed by atoms with Gasteiger partial charge in [0.25, 0.3) is 0 Å². The molecular weight excluding hydrogens is 524 g/mol. The highest BCUT2D eigenvalue weighted by atomic mass is 16.7. The highest BCUT2D eigenvalue weighted by Crippen LogP contribution is 2.70. The van der Waals surface area contributed by atoms with Crippen LogP contribution in [0.5, 0.6) is 0 Å². The smallest absolute Gasteiger partial charge is 0.186 e. The van der Waals surface area contributed by atoms with E-state index in [1.807, 2.05) is 0 Å². The van der Waals surface area contributed by atoms with Crippen molar-refractivity contribution in [3.63, 3.8) is 0 Å². The molecular formula is C33H52O8. The average molecular weight is 577 g/mol. The van der Waals surface area contributed by atoms with Gasteiger partial charge in [0, 0.05) is 12.3 Å². The first kappa shape index (κ1) is 29.1.